The summed E-state index contributed by atoms with van der Waals surface area (Å²) in [5.41, 5.74) is 3.60. The van der Waals surface area contributed by atoms with Crippen LogP contribution in [0.3, 0.4) is 0 Å². The van der Waals surface area contributed by atoms with Crippen molar-refractivity contribution in [2.45, 2.75) is 24.6 Å². The molecule has 4 rings (SSSR count). The van der Waals surface area contributed by atoms with E-state index in [4.69, 9.17) is 4.42 Å². The van der Waals surface area contributed by atoms with Gasteiger partial charge in [0, 0.05) is 22.6 Å². The van der Waals surface area contributed by atoms with Crippen LogP contribution >= 0.6 is 23.1 Å². The summed E-state index contributed by atoms with van der Waals surface area (Å²) in [6.07, 6.45) is 1.59. The lowest BCUT2D eigenvalue weighted by Crippen LogP contribution is -2.01. The maximum absolute atomic E-state index is 11.9. The maximum atomic E-state index is 11.9. The van der Waals surface area contributed by atoms with Crippen molar-refractivity contribution in [2.24, 2.45) is 0 Å². The van der Waals surface area contributed by atoms with Gasteiger partial charge in [-0.1, -0.05) is 0 Å². The van der Waals surface area contributed by atoms with Crippen LogP contribution in [0.2, 0.25) is 0 Å². The Balaban J connectivity index is 1.75. The molecule has 4 aromatic rings. The van der Waals surface area contributed by atoms with Crippen molar-refractivity contribution in [3.8, 4) is 0 Å². The van der Waals surface area contributed by atoms with Crippen molar-refractivity contribution in [3.63, 3.8) is 0 Å². The highest BCUT2D eigenvalue weighted by Crippen LogP contribution is 2.31. The summed E-state index contributed by atoms with van der Waals surface area (Å²) in [5, 5.41) is 5.00. The Bertz CT molecular complexity index is 1120. The summed E-state index contributed by atoms with van der Waals surface area (Å²) in [6, 6.07) is 7.63. The minimum atomic E-state index is -0.315. The predicted molar refractivity (Wildman–Crippen MR) is 98.9 cm³/mol. The minimum absolute atomic E-state index is 0.315. The van der Waals surface area contributed by atoms with Crippen molar-refractivity contribution in [1.29, 1.82) is 0 Å². The lowest BCUT2D eigenvalue weighted by Gasteiger charge is -2.08. The highest BCUT2D eigenvalue weighted by molar-refractivity contribution is 7.98. The normalized spacial score (nSPS) is 11.4. The van der Waals surface area contributed by atoms with Gasteiger partial charge in [-0.25, -0.2) is 14.8 Å². The van der Waals surface area contributed by atoms with Crippen molar-refractivity contribution in [3.05, 3.63) is 63.1 Å². The molecule has 0 unspecified atom stereocenters. The fourth-order valence-corrected chi connectivity index (χ4v) is 4.40. The second kappa shape index (κ2) is 6.03. The molecule has 4 nitrogen and oxygen atoms in total. The summed E-state index contributed by atoms with van der Waals surface area (Å²) >= 11 is 3.22. The zero-order valence-corrected chi connectivity index (χ0v) is 14.8. The molecule has 3 heterocycles. The SMILES string of the molecule is Cc1cc2oc(=O)cc(CSc3ncnc4sccc34)c2cc1C. The van der Waals surface area contributed by atoms with Gasteiger partial charge in [0.05, 0.1) is 0 Å². The Labute approximate surface area is 146 Å². The lowest BCUT2D eigenvalue weighted by molar-refractivity contribution is 0.559. The van der Waals surface area contributed by atoms with Crippen LogP contribution in [0.5, 0.6) is 0 Å². The molecule has 24 heavy (non-hydrogen) atoms. The zero-order chi connectivity index (χ0) is 16.7. The first kappa shape index (κ1) is 15.4. The summed E-state index contributed by atoms with van der Waals surface area (Å²) in [7, 11) is 0. The Hall–Kier alpha value is -2.18. The molecule has 6 heteroatoms. The minimum Gasteiger partial charge on any atom is -0.423 e. The molecule has 0 radical (unpaired) electrons. The van der Waals surface area contributed by atoms with Gasteiger partial charge in [-0.3, -0.25) is 0 Å². The maximum Gasteiger partial charge on any atom is 0.336 e. The monoisotopic (exact) mass is 354 g/mol. The first-order valence-electron chi connectivity index (χ1n) is 7.47. The van der Waals surface area contributed by atoms with Crippen molar-refractivity contribution < 1.29 is 4.42 Å². The summed E-state index contributed by atoms with van der Waals surface area (Å²) < 4.78 is 5.36. The average molecular weight is 354 g/mol. The summed E-state index contributed by atoms with van der Waals surface area (Å²) in [6.45, 7) is 4.08. The van der Waals surface area contributed by atoms with Crippen LogP contribution < -0.4 is 5.63 Å². The van der Waals surface area contributed by atoms with E-state index in [1.165, 1.54) is 5.56 Å². The number of hydrogen-bond acceptors (Lipinski definition) is 6. The number of aryl methyl sites for hydroxylation is 2. The molecule has 0 atom stereocenters. The molecule has 0 N–H and O–H groups in total. The standard InChI is InChI=1S/C18H14N2O2S2/c1-10-5-14-12(7-16(21)22-15(14)6-11(10)2)8-24-18-13-3-4-23-17(13)19-9-20-18/h3-7,9H,8H2,1-2H3. The first-order valence-corrected chi connectivity index (χ1v) is 9.33. The molecule has 0 fully saturated rings. The predicted octanol–water partition coefficient (Wildman–Crippen LogP) is 4.71. The molecular formula is C18H14N2O2S2. The van der Waals surface area contributed by atoms with Crippen LogP contribution in [-0.2, 0) is 5.75 Å². The Morgan fingerprint density at radius 1 is 1.12 bits per heavy atom. The first-order chi connectivity index (χ1) is 11.6. The van der Waals surface area contributed by atoms with Gasteiger partial charge in [-0.2, -0.15) is 0 Å². The number of aromatic nitrogens is 2. The highest BCUT2D eigenvalue weighted by Gasteiger charge is 2.10. The highest BCUT2D eigenvalue weighted by atomic mass is 32.2. The number of benzene rings is 1. The number of fused-ring (bicyclic) bond motifs is 2. The van der Waals surface area contributed by atoms with Gasteiger partial charge in [0.2, 0.25) is 0 Å². The van der Waals surface area contributed by atoms with E-state index in [9.17, 15) is 4.79 Å². The fraction of sp³-hybridized carbons (Fsp3) is 0.167. The fourth-order valence-electron chi connectivity index (χ4n) is 2.63. The molecule has 120 valence electrons. The quantitative estimate of drug-likeness (QED) is 0.303. The molecule has 0 amide bonds. The molecule has 0 aliphatic heterocycles. The second-order valence-electron chi connectivity index (χ2n) is 5.63. The Kier molecular flexibility index (Phi) is 3.86. The topological polar surface area (TPSA) is 56.0 Å². The van der Waals surface area contributed by atoms with Crippen molar-refractivity contribution in [2.75, 3.05) is 0 Å². The van der Waals surface area contributed by atoms with E-state index in [1.54, 1.807) is 35.5 Å². The third-order valence-corrected chi connectivity index (χ3v) is 5.91. The van der Waals surface area contributed by atoms with Crippen molar-refractivity contribution in [1.82, 2.24) is 9.97 Å². The Morgan fingerprint density at radius 2 is 1.96 bits per heavy atom. The molecular weight excluding hydrogens is 340 g/mol. The van der Waals surface area contributed by atoms with E-state index in [0.29, 0.717) is 11.3 Å². The smallest absolute Gasteiger partial charge is 0.336 e. The van der Waals surface area contributed by atoms with Crippen LogP contribution in [0, 0.1) is 13.8 Å². The van der Waals surface area contributed by atoms with Gasteiger partial charge in [0.1, 0.15) is 21.8 Å². The van der Waals surface area contributed by atoms with E-state index in [2.05, 4.69) is 23.0 Å². The molecule has 0 spiro atoms. The van der Waals surface area contributed by atoms with Gasteiger partial charge in [0.15, 0.2) is 0 Å². The van der Waals surface area contributed by atoms with Gasteiger partial charge < -0.3 is 4.42 Å². The van der Waals surface area contributed by atoms with Crippen LogP contribution in [0.1, 0.15) is 16.7 Å². The third kappa shape index (κ3) is 2.72. The second-order valence-corrected chi connectivity index (χ2v) is 7.49. The molecule has 3 aromatic heterocycles. The Morgan fingerprint density at radius 3 is 2.83 bits per heavy atom. The van der Waals surface area contributed by atoms with Gasteiger partial charge in [-0.05, 0) is 54.1 Å². The van der Waals surface area contributed by atoms with E-state index in [0.717, 1.165) is 31.8 Å². The van der Waals surface area contributed by atoms with Gasteiger partial charge in [0.25, 0.3) is 0 Å². The molecule has 0 aliphatic carbocycles. The van der Waals surface area contributed by atoms with Crippen molar-refractivity contribution >= 4 is 44.3 Å². The average Bonchev–Trinajstić information content (AvgIpc) is 3.03. The molecule has 0 saturated heterocycles. The number of thiophene rings is 1. The van der Waals surface area contributed by atoms with E-state index in [1.807, 2.05) is 24.4 Å². The summed E-state index contributed by atoms with van der Waals surface area (Å²) in [4.78, 5) is 21.5. The van der Waals surface area contributed by atoms with E-state index >= 15 is 0 Å². The molecule has 0 bridgehead atoms. The summed E-state index contributed by atoms with van der Waals surface area (Å²) in [5.74, 6) is 0.659. The van der Waals surface area contributed by atoms with E-state index in [-0.39, 0.29) is 5.63 Å². The van der Waals surface area contributed by atoms with Gasteiger partial charge >= 0.3 is 5.63 Å². The number of hydrogen-bond donors (Lipinski definition) is 0. The number of rotatable bonds is 3. The lowest BCUT2D eigenvalue weighted by atomic mass is 10.0. The largest absolute Gasteiger partial charge is 0.423 e. The molecule has 1 aromatic carbocycles. The van der Waals surface area contributed by atoms with Crippen LogP contribution in [0.15, 0.2) is 50.2 Å². The van der Waals surface area contributed by atoms with Gasteiger partial charge in [-0.15, -0.1) is 23.1 Å². The molecule has 0 saturated carbocycles. The number of thioether (sulfide) groups is 1. The van der Waals surface area contributed by atoms with Crippen LogP contribution in [0.25, 0.3) is 21.2 Å². The van der Waals surface area contributed by atoms with Crippen LogP contribution in [-0.4, -0.2) is 9.97 Å². The van der Waals surface area contributed by atoms with Crippen LogP contribution in [0.4, 0.5) is 0 Å². The molecule has 0 aliphatic rings. The third-order valence-electron chi connectivity index (χ3n) is 4.03. The zero-order valence-electron chi connectivity index (χ0n) is 13.2. The number of nitrogens with zero attached hydrogens (tertiary/aromatic N) is 2. The van der Waals surface area contributed by atoms with E-state index < -0.39 is 0 Å².